The van der Waals surface area contributed by atoms with Gasteiger partial charge in [-0.1, -0.05) is 66.8 Å². The largest absolute Gasteiger partial charge is 0.303 e. The molecule has 118 valence electrons. The molecule has 0 radical (unpaired) electrons. The molecular weight excluding hydrogens is 302 g/mol. The minimum Gasteiger partial charge on any atom is -0.303 e. The Labute approximate surface area is 143 Å². The molecule has 0 atom stereocenters. The number of hydrogen-bond acceptors (Lipinski definition) is 4. The highest BCUT2D eigenvalue weighted by molar-refractivity contribution is 7.82. The first-order valence-corrected chi connectivity index (χ1v) is 8.30. The van der Waals surface area contributed by atoms with Crippen molar-refractivity contribution in [2.45, 2.75) is 0 Å². The van der Waals surface area contributed by atoms with Crippen molar-refractivity contribution in [1.29, 1.82) is 0 Å². The van der Waals surface area contributed by atoms with Crippen LogP contribution in [0.2, 0.25) is 0 Å². The Morgan fingerprint density at radius 2 is 1.52 bits per heavy atom. The minimum atomic E-state index is 0.781. The standard InChI is InChI=1S/C19H21N3S/c1-21-11-13-22(14-12-21)20-15-19(23)18-9-7-17(8-10-18)16-5-3-2-4-6-16/h2-10,15H,11-14H2,1H3. The third-order valence-electron chi connectivity index (χ3n) is 4.09. The summed E-state index contributed by atoms with van der Waals surface area (Å²) in [6, 6.07) is 18.7. The SMILES string of the molecule is CN1CCN(N=CC(=S)c2ccc(-c3ccccc3)cc2)CC1. The van der Waals surface area contributed by atoms with Crippen molar-refractivity contribution in [3.8, 4) is 11.1 Å². The minimum absolute atomic E-state index is 0.781. The molecule has 0 N–H and O–H groups in total. The van der Waals surface area contributed by atoms with E-state index in [-0.39, 0.29) is 0 Å². The highest BCUT2D eigenvalue weighted by Gasteiger charge is 2.11. The first-order chi connectivity index (χ1) is 11.2. The van der Waals surface area contributed by atoms with E-state index in [1.165, 1.54) is 11.1 Å². The lowest BCUT2D eigenvalue weighted by molar-refractivity contribution is 0.160. The molecule has 1 heterocycles. The van der Waals surface area contributed by atoms with Crippen molar-refractivity contribution >= 4 is 23.3 Å². The predicted octanol–water partition coefficient (Wildman–Crippen LogP) is 3.30. The maximum Gasteiger partial charge on any atom is 0.0657 e. The van der Waals surface area contributed by atoms with E-state index in [2.05, 4.69) is 70.6 Å². The molecule has 3 rings (SSSR count). The van der Waals surface area contributed by atoms with Crippen LogP contribution in [0.25, 0.3) is 11.1 Å². The van der Waals surface area contributed by atoms with E-state index < -0.39 is 0 Å². The third-order valence-corrected chi connectivity index (χ3v) is 4.44. The Kier molecular flexibility index (Phi) is 5.16. The summed E-state index contributed by atoms with van der Waals surface area (Å²) in [5, 5.41) is 6.60. The molecule has 2 aromatic carbocycles. The van der Waals surface area contributed by atoms with Gasteiger partial charge in [0.2, 0.25) is 0 Å². The van der Waals surface area contributed by atoms with E-state index >= 15 is 0 Å². The number of hydrogen-bond donors (Lipinski definition) is 0. The van der Waals surface area contributed by atoms with Gasteiger partial charge in [-0.15, -0.1) is 0 Å². The maximum atomic E-state index is 5.49. The second-order valence-corrected chi connectivity index (χ2v) is 6.25. The molecule has 4 heteroatoms. The topological polar surface area (TPSA) is 18.8 Å². The average Bonchev–Trinajstić information content (AvgIpc) is 2.62. The number of piperazine rings is 1. The summed E-state index contributed by atoms with van der Waals surface area (Å²) >= 11 is 5.49. The Hall–Kier alpha value is -2.04. The molecule has 0 spiro atoms. The normalized spacial score (nSPS) is 16.0. The van der Waals surface area contributed by atoms with Crippen LogP contribution in [0.3, 0.4) is 0 Å². The molecule has 2 aromatic rings. The van der Waals surface area contributed by atoms with Crippen LogP contribution < -0.4 is 0 Å². The fraction of sp³-hybridized carbons (Fsp3) is 0.263. The summed E-state index contributed by atoms with van der Waals surface area (Å²) < 4.78 is 0. The number of hydrazone groups is 1. The molecular formula is C19H21N3S. The molecule has 23 heavy (non-hydrogen) atoms. The fourth-order valence-electron chi connectivity index (χ4n) is 2.58. The molecule has 0 unspecified atom stereocenters. The number of nitrogens with zero attached hydrogens (tertiary/aromatic N) is 3. The first kappa shape index (κ1) is 15.8. The number of benzene rings is 2. The summed E-state index contributed by atoms with van der Waals surface area (Å²) in [6.07, 6.45) is 1.80. The van der Waals surface area contributed by atoms with Gasteiger partial charge in [0.1, 0.15) is 0 Å². The molecule has 0 amide bonds. The lowest BCUT2D eigenvalue weighted by Crippen LogP contribution is -2.41. The lowest BCUT2D eigenvalue weighted by atomic mass is 10.0. The van der Waals surface area contributed by atoms with Gasteiger partial charge in [0.15, 0.2) is 0 Å². The van der Waals surface area contributed by atoms with Gasteiger partial charge in [0.25, 0.3) is 0 Å². The Morgan fingerprint density at radius 3 is 2.17 bits per heavy atom. The second-order valence-electron chi connectivity index (χ2n) is 5.81. The quantitative estimate of drug-likeness (QED) is 0.489. The molecule has 1 saturated heterocycles. The zero-order valence-electron chi connectivity index (χ0n) is 13.4. The van der Waals surface area contributed by atoms with Gasteiger partial charge in [-0.2, -0.15) is 5.10 Å². The van der Waals surface area contributed by atoms with Crippen LogP contribution in [-0.4, -0.2) is 54.2 Å². The van der Waals surface area contributed by atoms with Gasteiger partial charge in [-0.25, -0.2) is 0 Å². The van der Waals surface area contributed by atoms with Crippen LogP contribution in [-0.2, 0) is 0 Å². The van der Waals surface area contributed by atoms with Crippen molar-refractivity contribution in [2.24, 2.45) is 5.10 Å². The van der Waals surface area contributed by atoms with Crippen molar-refractivity contribution in [2.75, 3.05) is 33.2 Å². The number of thiocarbonyl (C=S) groups is 1. The summed E-state index contributed by atoms with van der Waals surface area (Å²) in [7, 11) is 2.14. The van der Waals surface area contributed by atoms with Gasteiger partial charge in [-0.3, -0.25) is 5.01 Å². The zero-order valence-corrected chi connectivity index (χ0v) is 14.2. The smallest absolute Gasteiger partial charge is 0.0657 e. The zero-order chi connectivity index (χ0) is 16.1. The number of likely N-dealkylation sites (N-methyl/N-ethyl adjacent to an activating group) is 1. The van der Waals surface area contributed by atoms with Gasteiger partial charge in [0.05, 0.1) is 11.1 Å². The molecule has 0 bridgehead atoms. The van der Waals surface area contributed by atoms with E-state index in [9.17, 15) is 0 Å². The summed E-state index contributed by atoms with van der Waals surface area (Å²) in [5.74, 6) is 0. The second kappa shape index (κ2) is 7.49. The maximum absolute atomic E-state index is 5.49. The van der Waals surface area contributed by atoms with Gasteiger partial charge in [-0.05, 0) is 23.7 Å². The predicted molar refractivity (Wildman–Crippen MR) is 101 cm³/mol. The third kappa shape index (κ3) is 4.24. The molecule has 1 fully saturated rings. The van der Waals surface area contributed by atoms with Crippen LogP contribution in [0, 0.1) is 0 Å². The van der Waals surface area contributed by atoms with Crippen LogP contribution >= 0.6 is 12.2 Å². The molecule has 1 aliphatic heterocycles. The molecule has 1 aliphatic rings. The van der Waals surface area contributed by atoms with Gasteiger partial charge < -0.3 is 4.90 Å². The van der Waals surface area contributed by atoms with E-state index in [1.807, 2.05) is 6.07 Å². The van der Waals surface area contributed by atoms with E-state index in [4.69, 9.17) is 12.2 Å². The van der Waals surface area contributed by atoms with Crippen molar-refractivity contribution < 1.29 is 0 Å². The number of rotatable bonds is 4. The Balaban J connectivity index is 1.64. The van der Waals surface area contributed by atoms with E-state index in [0.29, 0.717) is 0 Å². The van der Waals surface area contributed by atoms with Gasteiger partial charge in [0, 0.05) is 26.2 Å². The summed E-state index contributed by atoms with van der Waals surface area (Å²) in [5.41, 5.74) is 3.46. The van der Waals surface area contributed by atoms with Crippen LogP contribution in [0.5, 0.6) is 0 Å². The van der Waals surface area contributed by atoms with Gasteiger partial charge >= 0.3 is 0 Å². The Morgan fingerprint density at radius 1 is 0.913 bits per heavy atom. The Bertz CT molecular complexity index is 672. The lowest BCUT2D eigenvalue weighted by Gasteiger charge is -2.30. The van der Waals surface area contributed by atoms with E-state index in [1.54, 1.807) is 6.21 Å². The summed E-state index contributed by atoms with van der Waals surface area (Å²) in [4.78, 5) is 3.09. The van der Waals surface area contributed by atoms with Crippen LogP contribution in [0.4, 0.5) is 0 Å². The highest BCUT2D eigenvalue weighted by atomic mass is 32.1. The van der Waals surface area contributed by atoms with Crippen molar-refractivity contribution in [3.63, 3.8) is 0 Å². The first-order valence-electron chi connectivity index (χ1n) is 7.90. The van der Waals surface area contributed by atoms with Crippen molar-refractivity contribution in [1.82, 2.24) is 9.91 Å². The monoisotopic (exact) mass is 323 g/mol. The highest BCUT2D eigenvalue weighted by Crippen LogP contribution is 2.19. The van der Waals surface area contributed by atoms with Crippen LogP contribution in [0.15, 0.2) is 59.7 Å². The molecule has 0 aromatic heterocycles. The molecule has 3 nitrogen and oxygen atoms in total. The van der Waals surface area contributed by atoms with E-state index in [0.717, 1.165) is 36.6 Å². The average molecular weight is 323 g/mol. The van der Waals surface area contributed by atoms with Crippen LogP contribution in [0.1, 0.15) is 5.56 Å². The fourth-order valence-corrected chi connectivity index (χ4v) is 2.76. The van der Waals surface area contributed by atoms with Crippen molar-refractivity contribution in [3.05, 3.63) is 60.2 Å². The molecule has 0 saturated carbocycles. The molecule has 0 aliphatic carbocycles. The summed E-state index contributed by atoms with van der Waals surface area (Å²) in [6.45, 7) is 4.02.